The Kier molecular flexibility index (Phi) is 4.31. The molecule has 0 spiro atoms. The second-order valence-electron chi connectivity index (χ2n) is 6.01. The molecular weight excluding hydrogens is 256 g/mol. The first-order valence-corrected chi connectivity index (χ1v) is 7.85. The van der Waals surface area contributed by atoms with Crippen LogP contribution in [0.4, 0.5) is 0 Å². The Morgan fingerprint density at radius 3 is 2.89 bits per heavy atom. The second kappa shape index (κ2) is 5.63. The van der Waals surface area contributed by atoms with E-state index in [-0.39, 0.29) is 23.4 Å². The number of carbonyl (C=O) groups excluding carboxylic acids is 1. The Morgan fingerprint density at radius 1 is 1.63 bits per heavy atom. The lowest BCUT2D eigenvalue weighted by molar-refractivity contribution is -0.131. The zero-order valence-corrected chi connectivity index (χ0v) is 12.8. The Balaban J connectivity index is 1.91. The highest BCUT2D eigenvalue weighted by Crippen LogP contribution is 2.36. The summed E-state index contributed by atoms with van der Waals surface area (Å²) in [4.78, 5) is 15.0. The smallest absolute Gasteiger partial charge is 0.227 e. The third kappa shape index (κ3) is 3.18. The molecule has 1 fully saturated rings. The van der Waals surface area contributed by atoms with E-state index in [1.165, 1.54) is 9.75 Å². The number of rotatable bonds is 4. The average molecular weight is 280 g/mol. The van der Waals surface area contributed by atoms with E-state index >= 15 is 0 Å². The predicted molar refractivity (Wildman–Crippen MR) is 80.3 cm³/mol. The SMILES string of the molecule is Cc1ccc(CC(C)NC(=O)C2(C)CCCC2N)s1. The van der Waals surface area contributed by atoms with Crippen LogP contribution in [-0.4, -0.2) is 18.0 Å². The van der Waals surface area contributed by atoms with E-state index in [1.807, 2.05) is 6.92 Å². The van der Waals surface area contributed by atoms with E-state index in [0.717, 1.165) is 25.7 Å². The van der Waals surface area contributed by atoms with Gasteiger partial charge in [0.05, 0.1) is 5.41 Å². The summed E-state index contributed by atoms with van der Waals surface area (Å²) in [5.41, 5.74) is 5.71. The minimum absolute atomic E-state index is 0.00341. The molecule has 3 N–H and O–H groups in total. The highest BCUT2D eigenvalue weighted by molar-refractivity contribution is 7.11. The normalized spacial score (nSPS) is 28.3. The number of hydrogen-bond donors (Lipinski definition) is 2. The lowest BCUT2D eigenvalue weighted by Crippen LogP contribution is -2.50. The standard InChI is InChI=1S/C15H24N2OS/c1-10(9-12-7-6-11(2)19-12)17-14(18)15(3)8-4-5-13(15)16/h6-7,10,13H,4-5,8-9,16H2,1-3H3,(H,17,18). The molecule has 0 aliphatic heterocycles. The maximum atomic E-state index is 12.4. The average Bonchev–Trinajstić information content (AvgIpc) is 2.87. The van der Waals surface area contributed by atoms with Crippen LogP contribution in [0.15, 0.2) is 12.1 Å². The lowest BCUT2D eigenvalue weighted by atomic mass is 9.84. The molecule has 1 aromatic rings. The maximum Gasteiger partial charge on any atom is 0.227 e. The van der Waals surface area contributed by atoms with Crippen molar-refractivity contribution in [3.8, 4) is 0 Å². The van der Waals surface area contributed by atoms with Crippen LogP contribution in [0.2, 0.25) is 0 Å². The summed E-state index contributed by atoms with van der Waals surface area (Å²) in [6, 6.07) is 4.44. The van der Waals surface area contributed by atoms with E-state index in [0.29, 0.717) is 0 Å². The van der Waals surface area contributed by atoms with Crippen molar-refractivity contribution in [1.29, 1.82) is 0 Å². The van der Waals surface area contributed by atoms with Gasteiger partial charge in [-0.3, -0.25) is 4.79 Å². The predicted octanol–water partition coefficient (Wildman–Crippen LogP) is 2.62. The van der Waals surface area contributed by atoms with Crippen molar-refractivity contribution in [3.63, 3.8) is 0 Å². The summed E-state index contributed by atoms with van der Waals surface area (Å²) in [6.45, 7) is 6.18. The van der Waals surface area contributed by atoms with Crippen LogP contribution in [0, 0.1) is 12.3 Å². The molecule has 0 saturated heterocycles. The van der Waals surface area contributed by atoms with Crippen LogP contribution in [-0.2, 0) is 11.2 Å². The third-order valence-corrected chi connectivity index (χ3v) is 5.25. The van der Waals surface area contributed by atoms with Gasteiger partial charge in [-0.05, 0) is 45.7 Å². The first-order valence-electron chi connectivity index (χ1n) is 7.03. The number of hydrogen-bond acceptors (Lipinski definition) is 3. The Morgan fingerprint density at radius 2 is 2.37 bits per heavy atom. The van der Waals surface area contributed by atoms with Crippen molar-refractivity contribution >= 4 is 17.2 Å². The molecular formula is C15H24N2OS. The van der Waals surface area contributed by atoms with Gasteiger partial charge in [0, 0.05) is 28.3 Å². The maximum absolute atomic E-state index is 12.4. The lowest BCUT2D eigenvalue weighted by Gasteiger charge is -2.29. The van der Waals surface area contributed by atoms with Gasteiger partial charge in [-0.1, -0.05) is 6.42 Å². The van der Waals surface area contributed by atoms with Gasteiger partial charge in [-0.2, -0.15) is 0 Å². The van der Waals surface area contributed by atoms with E-state index < -0.39 is 0 Å². The minimum atomic E-state index is -0.375. The monoisotopic (exact) mass is 280 g/mol. The van der Waals surface area contributed by atoms with Crippen molar-refractivity contribution in [3.05, 3.63) is 21.9 Å². The van der Waals surface area contributed by atoms with Gasteiger partial charge in [0.2, 0.25) is 5.91 Å². The van der Waals surface area contributed by atoms with Crippen molar-refractivity contribution in [2.24, 2.45) is 11.1 Å². The van der Waals surface area contributed by atoms with Crippen LogP contribution < -0.4 is 11.1 Å². The molecule has 1 aliphatic carbocycles. The summed E-state index contributed by atoms with van der Waals surface area (Å²) >= 11 is 1.80. The summed E-state index contributed by atoms with van der Waals surface area (Å²) in [5.74, 6) is 0.123. The van der Waals surface area contributed by atoms with Crippen molar-refractivity contribution in [2.45, 2.75) is 58.5 Å². The summed E-state index contributed by atoms with van der Waals surface area (Å²) in [6.07, 6.45) is 3.83. The fraction of sp³-hybridized carbons (Fsp3) is 0.667. The first kappa shape index (κ1) is 14.5. The fourth-order valence-electron chi connectivity index (χ4n) is 2.81. The number of nitrogens with one attached hydrogen (secondary N) is 1. The summed E-state index contributed by atoms with van der Waals surface area (Å²) in [7, 11) is 0. The Labute approximate surface area is 119 Å². The summed E-state index contributed by atoms with van der Waals surface area (Å²) in [5, 5.41) is 3.14. The van der Waals surface area contributed by atoms with Crippen LogP contribution in [0.1, 0.15) is 42.9 Å². The molecule has 0 radical (unpaired) electrons. The molecule has 19 heavy (non-hydrogen) atoms. The molecule has 0 bridgehead atoms. The van der Waals surface area contributed by atoms with Crippen molar-refractivity contribution in [2.75, 3.05) is 0 Å². The quantitative estimate of drug-likeness (QED) is 0.891. The van der Waals surface area contributed by atoms with Gasteiger partial charge in [-0.15, -0.1) is 11.3 Å². The molecule has 2 rings (SSSR count). The second-order valence-corrected chi connectivity index (χ2v) is 7.38. The molecule has 1 aliphatic rings. The molecule has 1 amide bonds. The van der Waals surface area contributed by atoms with Crippen molar-refractivity contribution < 1.29 is 4.79 Å². The largest absolute Gasteiger partial charge is 0.353 e. The molecule has 1 heterocycles. The van der Waals surface area contributed by atoms with Gasteiger partial charge in [0.15, 0.2) is 0 Å². The molecule has 106 valence electrons. The molecule has 1 saturated carbocycles. The topological polar surface area (TPSA) is 55.1 Å². The van der Waals surface area contributed by atoms with Gasteiger partial charge in [0.25, 0.3) is 0 Å². The number of carbonyl (C=O) groups is 1. The highest BCUT2D eigenvalue weighted by atomic mass is 32.1. The zero-order valence-electron chi connectivity index (χ0n) is 12.0. The van der Waals surface area contributed by atoms with Gasteiger partial charge < -0.3 is 11.1 Å². The Hall–Kier alpha value is -0.870. The Bertz CT molecular complexity index is 457. The number of thiophene rings is 1. The van der Waals surface area contributed by atoms with Crippen LogP contribution >= 0.6 is 11.3 Å². The van der Waals surface area contributed by atoms with E-state index in [9.17, 15) is 4.79 Å². The highest BCUT2D eigenvalue weighted by Gasteiger charge is 2.43. The van der Waals surface area contributed by atoms with E-state index in [4.69, 9.17) is 5.73 Å². The number of aryl methyl sites for hydroxylation is 1. The number of nitrogens with two attached hydrogens (primary N) is 1. The van der Waals surface area contributed by atoms with E-state index in [1.54, 1.807) is 11.3 Å². The third-order valence-electron chi connectivity index (χ3n) is 4.23. The molecule has 1 aromatic heterocycles. The first-order chi connectivity index (χ1) is 8.91. The van der Waals surface area contributed by atoms with Gasteiger partial charge in [-0.25, -0.2) is 0 Å². The molecule has 0 aromatic carbocycles. The van der Waals surface area contributed by atoms with Crippen LogP contribution in [0.5, 0.6) is 0 Å². The summed E-state index contributed by atoms with van der Waals surface area (Å²) < 4.78 is 0. The fourth-order valence-corrected chi connectivity index (χ4v) is 3.83. The van der Waals surface area contributed by atoms with Crippen molar-refractivity contribution in [1.82, 2.24) is 5.32 Å². The van der Waals surface area contributed by atoms with Gasteiger partial charge >= 0.3 is 0 Å². The zero-order chi connectivity index (χ0) is 14.0. The minimum Gasteiger partial charge on any atom is -0.353 e. The molecule has 3 unspecified atom stereocenters. The van der Waals surface area contributed by atoms with Crippen LogP contribution in [0.3, 0.4) is 0 Å². The molecule has 4 heteroatoms. The molecule has 3 nitrogen and oxygen atoms in total. The van der Waals surface area contributed by atoms with E-state index in [2.05, 4.69) is 31.3 Å². The molecule has 3 atom stereocenters. The van der Waals surface area contributed by atoms with Gasteiger partial charge in [0.1, 0.15) is 0 Å². The van der Waals surface area contributed by atoms with Crippen LogP contribution in [0.25, 0.3) is 0 Å². The number of amides is 1.